The number of halogens is 1. The van der Waals surface area contributed by atoms with Crippen molar-refractivity contribution in [2.24, 2.45) is 0 Å². The monoisotopic (exact) mass is 949 g/mol. The number of hydrogen-bond acceptors (Lipinski definition) is 1. The van der Waals surface area contributed by atoms with Crippen LogP contribution in [0.25, 0.3) is 5.70 Å². The van der Waals surface area contributed by atoms with Gasteiger partial charge in [-0.15, -0.1) is 0 Å². The minimum absolute atomic E-state index is 0. The Labute approximate surface area is 151 Å². The minimum atomic E-state index is -0.253. The van der Waals surface area contributed by atoms with Crippen LogP contribution in [0.2, 0.25) is 0 Å². The standard InChI is InChI=1S/C19H15BIN2O.2Lr/c1-12-3-6-14-15(7-4-12)21-16-8-5-13(2)11-17-19(16)20(14)22-10-9-18(24)23(17)22;;/h3-11H,1-2H3;;/q-3;;. The molecule has 3 nitrogen and oxygen atoms in total. The van der Waals surface area contributed by atoms with Crippen molar-refractivity contribution in [2.45, 2.75) is 13.8 Å². The summed E-state index contributed by atoms with van der Waals surface area (Å²) in [7, 11) is 0. The number of nitrogens with zero attached hydrogens (tertiary/aromatic N) is 2. The van der Waals surface area contributed by atoms with Gasteiger partial charge in [-0.1, -0.05) is 0 Å². The van der Waals surface area contributed by atoms with Crippen molar-refractivity contribution in [3.63, 3.8) is 0 Å². The predicted molar refractivity (Wildman–Crippen MR) is 93.4 cm³/mol. The van der Waals surface area contributed by atoms with Crippen LogP contribution in [0.5, 0.6) is 0 Å². The van der Waals surface area contributed by atoms with Gasteiger partial charge in [-0.25, -0.2) is 0 Å². The molecule has 2 aliphatic heterocycles. The molecular weight excluding hydrogens is 934 g/mol. The Morgan fingerprint density at radius 3 is 2.50 bits per heavy atom. The normalized spacial score (nSPS) is 19.6. The van der Waals surface area contributed by atoms with E-state index in [1.165, 1.54) is 29.9 Å². The fraction of sp³-hybridized carbons (Fsp3) is 0.105. The Morgan fingerprint density at radius 2 is 1.69 bits per heavy atom. The molecule has 2 radical (unpaired) electrons. The summed E-state index contributed by atoms with van der Waals surface area (Å²) in [5.74, 6) is 2.45. The maximum Gasteiger partial charge on any atom is 0 e. The summed E-state index contributed by atoms with van der Waals surface area (Å²) in [6.45, 7) is 4.34. The Balaban J connectivity index is 0.000000980. The first kappa shape index (κ1) is 16.8. The van der Waals surface area contributed by atoms with E-state index >= 15 is 0 Å². The van der Waals surface area contributed by atoms with Crippen LogP contribution >= 0.6 is 0 Å². The summed E-state index contributed by atoms with van der Waals surface area (Å²) in [5.41, 5.74) is 3.77. The molecule has 1 aromatic heterocycles. The van der Waals surface area contributed by atoms with Crippen LogP contribution in [0.4, 0.5) is 0 Å². The van der Waals surface area contributed by atoms with Crippen molar-refractivity contribution in [3.8, 4) is 0 Å². The zero-order valence-electron chi connectivity index (χ0n) is 14.0. The number of allylic oxidation sites excluding steroid dienone is 12. The molecule has 0 saturated heterocycles. The van der Waals surface area contributed by atoms with Crippen molar-refractivity contribution >= 4 is 12.5 Å². The molecule has 0 aromatic carbocycles. The van der Waals surface area contributed by atoms with E-state index in [2.05, 4.69) is 61.0 Å². The number of fused-ring (bicyclic) bond motifs is 4. The fourth-order valence-corrected chi connectivity index (χ4v) is 6.62. The van der Waals surface area contributed by atoms with Gasteiger partial charge in [0.1, 0.15) is 0 Å². The topological polar surface area (TPSA) is 26.9 Å². The van der Waals surface area contributed by atoms with Crippen molar-refractivity contribution in [1.82, 2.24) is 9.27 Å². The Bertz CT molecular complexity index is 1010. The van der Waals surface area contributed by atoms with E-state index in [1.54, 1.807) is 6.07 Å². The molecular formula is C19H15BILr2N2O-3. The number of rotatable bonds is 0. The quantitative estimate of drug-likeness (QED) is 0.204. The summed E-state index contributed by atoms with van der Waals surface area (Å²) in [6, 6.07) is 1.67. The molecule has 5 rings (SSSR count). The zero-order chi connectivity index (χ0) is 16.4. The Kier molecular flexibility index (Phi) is 3.57. The average Bonchev–Trinajstić information content (AvgIpc) is 2.95. The van der Waals surface area contributed by atoms with Gasteiger partial charge < -0.3 is 0 Å². The Hall–Kier alpha value is -4.02. The van der Waals surface area contributed by atoms with E-state index in [0.717, 1.165) is 5.70 Å². The average molecular weight is 949 g/mol. The Morgan fingerprint density at radius 1 is 1.00 bits per heavy atom. The second-order valence-corrected chi connectivity index (χ2v) is 9.29. The van der Waals surface area contributed by atoms with Crippen LogP contribution in [0.15, 0.2) is 77.7 Å². The molecule has 0 unspecified atom stereocenters. The van der Waals surface area contributed by atoms with Crippen LogP contribution in [0.3, 0.4) is 0 Å². The van der Waals surface area contributed by atoms with Crippen molar-refractivity contribution in [2.75, 3.05) is 0 Å². The number of hydrogen-bond donors (Lipinski definition) is 0. The molecule has 2 aliphatic carbocycles. The van der Waals surface area contributed by atoms with Gasteiger partial charge in [-0.2, -0.15) is 0 Å². The molecule has 1 aromatic rings. The molecule has 0 N–H and O–H groups in total. The first-order valence-corrected chi connectivity index (χ1v) is 10.2. The van der Waals surface area contributed by atoms with Crippen molar-refractivity contribution in [3.05, 3.63) is 95.1 Å². The SMILES string of the molecule is C[C-]1C=CC2=C(C=C1)B1C3=C(C=C[C-](C)C=C3n3c(=O)ccn31)[I-]2.[Lr].[Lr]. The molecule has 0 fully saturated rings. The molecule has 4 aliphatic rings. The molecule has 0 amide bonds. The molecule has 0 saturated carbocycles. The molecule has 26 heavy (non-hydrogen) atoms. The largest absolute Gasteiger partial charge is 0 e. The molecule has 0 bridgehead atoms. The smallest absolute Gasteiger partial charge is 0 e. The maximum atomic E-state index is 12.5. The van der Waals surface area contributed by atoms with Gasteiger partial charge >= 0.3 is 152 Å². The summed E-state index contributed by atoms with van der Waals surface area (Å²) in [4.78, 5) is 12.5. The van der Waals surface area contributed by atoms with Gasteiger partial charge in [0.2, 0.25) is 0 Å². The number of aromatic nitrogens is 2. The van der Waals surface area contributed by atoms with E-state index in [1.807, 2.05) is 10.9 Å². The summed E-state index contributed by atoms with van der Waals surface area (Å²) in [6.07, 6.45) is 17.5. The van der Waals surface area contributed by atoms with Gasteiger partial charge in [0.05, 0.1) is 0 Å². The van der Waals surface area contributed by atoms with Gasteiger partial charge in [-0.3, -0.25) is 0 Å². The molecule has 0 atom stereocenters. The first-order valence-electron chi connectivity index (χ1n) is 8.00. The second-order valence-electron chi connectivity index (χ2n) is 6.43. The maximum absolute atomic E-state index is 12.5. The van der Waals surface area contributed by atoms with Crippen LogP contribution in [-0.2, 0) is 0 Å². The van der Waals surface area contributed by atoms with E-state index in [0.29, 0.717) is 0 Å². The van der Waals surface area contributed by atoms with Crippen LogP contribution in [0, 0.1) is 11.8 Å². The third kappa shape index (κ3) is 2.00. The molecule has 7 heteroatoms. The second kappa shape index (κ2) is 5.51. The van der Waals surface area contributed by atoms with Crippen LogP contribution in [-0.4, -0.2) is 16.1 Å². The van der Waals surface area contributed by atoms with E-state index in [-0.39, 0.29) is 33.6 Å². The van der Waals surface area contributed by atoms with E-state index in [4.69, 9.17) is 0 Å². The van der Waals surface area contributed by atoms with Gasteiger partial charge in [0.25, 0.3) is 0 Å². The molecule has 150 valence electrons. The summed E-state index contributed by atoms with van der Waals surface area (Å²) < 4.78 is 6.82. The van der Waals surface area contributed by atoms with Gasteiger partial charge in [-0.05, 0) is 0 Å². The summed E-state index contributed by atoms with van der Waals surface area (Å²) >= 11 is -0.253. The van der Waals surface area contributed by atoms with Crippen molar-refractivity contribution < 1.29 is 21.2 Å². The third-order valence-corrected chi connectivity index (χ3v) is 7.84. The van der Waals surface area contributed by atoms with E-state index < -0.39 is 0 Å². The molecule has 0 spiro atoms. The summed E-state index contributed by atoms with van der Waals surface area (Å²) in [5, 5.41) is 0. The van der Waals surface area contributed by atoms with E-state index in [9.17, 15) is 4.79 Å². The third-order valence-electron chi connectivity index (χ3n) is 4.76. The van der Waals surface area contributed by atoms with Gasteiger partial charge in [0.15, 0.2) is 0 Å². The molecule has 3 heterocycles. The van der Waals surface area contributed by atoms with Crippen LogP contribution in [0.1, 0.15) is 13.8 Å². The minimum Gasteiger partial charge on any atom is 0 e. The van der Waals surface area contributed by atoms with Crippen molar-refractivity contribution in [1.29, 1.82) is 0 Å². The van der Waals surface area contributed by atoms with Crippen LogP contribution < -0.4 is 26.8 Å². The first-order chi connectivity index (χ1) is 11.6. The predicted octanol–water partition coefficient (Wildman–Crippen LogP) is -0.0823. The van der Waals surface area contributed by atoms with Gasteiger partial charge in [0, 0.05) is 0 Å². The fourth-order valence-electron chi connectivity index (χ4n) is 3.63. The zero-order valence-corrected chi connectivity index (χ0v) is 20.4.